The van der Waals surface area contributed by atoms with Crippen LogP contribution in [0.4, 0.5) is 0 Å². The Morgan fingerprint density at radius 2 is 1.83 bits per heavy atom. The molecule has 6 heteroatoms. The van der Waals surface area contributed by atoms with Crippen LogP contribution in [-0.2, 0) is 0 Å². The lowest BCUT2D eigenvalue weighted by molar-refractivity contribution is 0.448. The summed E-state index contributed by atoms with van der Waals surface area (Å²) in [6.07, 6.45) is 6.71. The van der Waals surface area contributed by atoms with Gasteiger partial charge in [-0.3, -0.25) is 9.78 Å². The number of rotatable bonds is 3. The smallest absolute Gasteiger partial charge is 0.262 e. The van der Waals surface area contributed by atoms with Gasteiger partial charge in [-0.1, -0.05) is 36.4 Å². The number of aromatic nitrogens is 3. The highest BCUT2D eigenvalue weighted by atomic mass is 32.1. The van der Waals surface area contributed by atoms with Crippen molar-refractivity contribution in [1.82, 2.24) is 15.0 Å². The average molecular weight is 323 g/mol. The molecule has 0 aliphatic heterocycles. The van der Waals surface area contributed by atoms with Gasteiger partial charge in [-0.25, -0.2) is 4.98 Å². The van der Waals surface area contributed by atoms with Crippen molar-refractivity contribution in [1.29, 1.82) is 0 Å². The Morgan fingerprint density at radius 1 is 1.04 bits per heavy atom. The van der Waals surface area contributed by atoms with Gasteiger partial charge in [-0.15, -0.1) is 0 Å². The topological polar surface area (TPSA) is 81.8 Å². The van der Waals surface area contributed by atoms with Gasteiger partial charge in [0, 0.05) is 5.39 Å². The molecule has 23 heavy (non-hydrogen) atoms. The summed E-state index contributed by atoms with van der Waals surface area (Å²) in [7, 11) is 0. The standard InChI is InChI=1S/C17H13N3O2S/c21-15-13(16(22)20-17(23)19-15)7-3-2-6-12-10-9-11-5-1-4-8-14(11)18-12/h1-10H,(H3,19,20,21,22,23)/b6-2+,7-3+. The fraction of sp³-hybridized carbons (Fsp3) is 0. The molecule has 0 atom stereocenters. The van der Waals surface area contributed by atoms with E-state index < -0.39 is 5.56 Å². The van der Waals surface area contributed by atoms with Crippen LogP contribution in [0.15, 0.2) is 53.3 Å². The van der Waals surface area contributed by atoms with E-state index >= 15 is 0 Å². The Bertz CT molecular complexity index is 1030. The minimum absolute atomic E-state index is 0.0838. The number of H-pyrrole nitrogens is 2. The number of allylic oxidation sites excluding steroid dienone is 2. The Kier molecular flexibility index (Phi) is 4.16. The maximum atomic E-state index is 11.7. The molecule has 0 saturated heterocycles. The van der Waals surface area contributed by atoms with E-state index in [1.807, 2.05) is 42.5 Å². The summed E-state index contributed by atoms with van der Waals surface area (Å²) >= 11 is 4.77. The van der Waals surface area contributed by atoms with Crippen molar-refractivity contribution >= 4 is 35.3 Å². The predicted octanol–water partition coefficient (Wildman–Crippen LogP) is 3.41. The monoisotopic (exact) mass is 323 g/mol. The SMILES string of the molecule is O=c1[nH]c(=S)[nH]c(O)c1/C=C/C=C/c1ccc2ccccc2n1. The third-order valence-corrected chi connectivity index (χ3v) is 3.42. The van der Waals surface area contributed by atoms with Gasteiger partial charge in [0.25, 0.3) is 5.56 Å². The van der Waals surface area contributed by atoms with Gasteiger partial charge in [0.2, 0.25) is 5.88 Å². The summed E-state index contributed by atoms with van der Waals surface area (Å²) in [5.74, 6) is -0.257. The summed E-state index contributed by atoms with van der Waals surface area (Å²) in [6.45, 7) is 0. The van der Waals surface area contributed by atoms with Crippen molar-refractivity contribution in [3.05, 3.63) is 74.9 Å². The minimum Gasteiger partial charge on any atom is -0.494 e. The normalized spacial score (nSPS) is 11.7. The van der Waals surface area contributed by atoms with Crippen molar-refractivity contribution in [3.63, 3.8) is 0 Å². The second kappa shape index (κ2) is 6.41. The first-order chi connectivity index (χ1) is 11.1. The number of hydrogen-bond acceptors (Lipinski definition) is 4. The van der Waals surface area contributed by atoms with Crippen LogP contribution < -0.4 is 5.56 Å². The molecular weight excluding hydrogens is 310 g/mol. The molecule has 0 bridgehead atoms. The maximum Gasteiger partial charge on any atom is 0.262 e. The molecule has 2 aromatic heterocycles. The van der Waals surface area contributed by atoms with Gasteiger partial charge in [0.1, 0.15) is 0 Å². The maximum absolute atomic E-state index is 11.7. The fourth-order valence-electron chi connectivity index (χ4n) is 2.12. The molecule has 0 aliphatic carbocycles. The molecule has 0 spiro atoms. The number of hydrogen-bond donors (Lipinski definition) is 3. The van der Waals surface area contributed by atoms with Crippen molar-refractivity contribution in [2.75, 3.05) is 0 Å². The van der Waals surface area contributed by atoms with Crippen LogP contribution in [0, 0.1) is 4.77 Å². The van der Waals surface area contributed by atoms with Crippen molar-refractivity contribution in [3.8, 4) is 5.88 Å². The molecule has 3 aromatic rings. The van der Waals surface area contributed by atoms with E-state index in [4.69, 9.17) is 12.2 Å². The molecule has 0 aliphatic rings. The first-order valence-corrected chi connectivity index (χ1v) is 7.30. The Morgan fingerprint density at radius 3 is 2.65 bits per heavy atom. The van der Waals surface area contributed by atoms with Crippen LogP contribution in [0.5, 0.6) is 5.88 Å². The van der Waals surface area contributed by atoms with Gasteiger partial charge in [-0.2, -0.15) is 0 Å². The highest BCUT2D eigenvalue weighted by Gasteiger charge is 2.02. The first-order valence-electron chi connectivity index (χ1n) is 6.89. The quantitative estimate of drug-likeness (QED) is 0.509. The summed E-state index contributed by atoms with van der Waals surface area (Å²) in [5, 5.41) is 10.8. The number of benzene rings is 1. The third-order valence-electron chi connectivity index (χ3n) is 3.22. The van der Waals surface area contributed by atoms with Gasteiger partial charge < -0.3 is 10.1 Å². The number of aromatic hydroxyl groups is 1. The van der Waals surface area contributed by atoms with E-state index in [1.54, 1.807) is 12.2 Å². The fourth-order valence-corrected chi connectivity index (χ4v) is 2.31. The minimum atomic E-state index is -0.445. The molecule has 0 radical (unpaired) electrons. The molecule has 3 rings (SSSR count). The predicted molar refractivity (Wildman–Crippen MR) is 93.7 cm³/mol. The second-order valence-corrected chi connectivity index (χ2v) is 5.23. The summed E-state index contributed by atoms with van der Waals surface area (Å²) in [6, 6.07) is 11.8. The molecule has 114 valence electrons. The third kappa shape index (κ3) is 3.44. The van der Waals surface area contributed by atoms with Gasteiger partial charge >= 0.3 is 0 Å². The molecule has 0 saturated carbocycles. The molecule has 5 nitrogen and oxygen atoms in total. The lowest BCUT2D eigenvalue weighted by atomic mass is 10.2. The molecule has 0 amide bonds. The number of nitrogens with one attached hydrogen (secondary N) is 2. The van der Waals surface area contributed by atoms with Crippen LogP contribution in [0.3, 0.4) is 0 Å². The largest absolute Gasteiger partial charge is 0.494 e. The highest BCUT2D eigenvalue weighted by Crippen LogP contribution is 2.13. The lowest BCUT2D eigenvalue weighted by Gasteiger charge is -1.98. The molecule has 2 heterocycles. The molecular formula is C17H13N3O2S. The van der Waals surface area contributed by atoms with E-state index in [0.717, 1.165) is 16.6 Å². The van der Waals surface area contributed by atoms with Gasteiger partial charge in [-0.05, 0) is 36.5 Å². The lowest BCUT2D eigenvalue weighted by Crippen LogP contribution is -2.10. The summed E-state index contributed by atoms with van der Waals surface area (Å²) in [4.78, 5) is 21.1. The number of fused-ring (bicyclic) bond motifs is 1. The van der Waals surface area contributed by atoms with Crippen molar-refractivity contribution in [2.24, 2.45) is 0 Å². The van der Waals surface area contributed by atoms with Gasteiger partial charge in [0.15, 0.2) is 4.77 Å². The molecule has 0 fully saturated rings. The molecule has 3 N–H and O–H groups in total. The van der Waals surface area contributed by atoms with E-state index in [-0.39, 0.29) is 16.2 Å². The van der Waals surface area contributed by atoms with Crippen molar-refractivity contribution < 1.29 is 5.11 Å². The molecule has 1 aromatic carbocycles. The number of para-hydroxylation sites is 1. The molecule has 0 unspecified atom stereocenters. The Hall–Kier alpha value is -2.99. The van der Waals surface area contributed by atoms with Crippen LogP contribution in [0.2, 0.25) is 0 Å². The van der Waals surface area contributed by atoms with E-state index in [1.165, 1.54) is 6.08 Å². The first kappa shape index (κ1) is 14.9. The van der Waals surface area contributed by atoms with Crippen LogP contribution in [0.25, 0.3) is 23.1 Å². The van der Waals surface area contributed by atoms with Crippen LogP contribution in [0.1, 0.15) is 11.3 Å². The van der Waals surface area contributed by atoms with Crippen LogP contribution >= 0.6 is 12.2 Å². The summed E-state index contributed by atoms with van der Waals surface area (Å²) < 4.78 is 0.0838. The van der Waals surface area contributed by atoms with E-state index in [9.17, 15) is 9.90 Å². The zero-order valence-electron chi connectivity index (χ0n) is 12.0. The van der Waals surface area contributed by atoms with Gasteiger partial charge in [0.05, 0.1) is 16.8 Å². The van der Waals surface area contributed by atoms with E-state index in [0.29, 0.717) is 0 Å². The number of nitrogens with zero attached hydrogens (tertiary/aromatic N) is 1. The Labute approximate surface area is 136 Å². The number of pyridine rings is 1. The second-order valence-electron chi connectivity index (χ2n) is 4.82. The number of aromatic amines is 2. The van der Waals surface area contributed by atoms with E-state index in [2.05, 4.69) is 15.0 Å². The summed E-state index contributed by atoms with van der Waals surface area (Å²) in [5.41, 5.74) is 1.40. The van der Waals surface area contributed by atoms with Crippen molar-refractivity contribution in [2.45, 2.75) is 0 Å². The zero-order chi connectivity index (χ0) is 16.2. The Balaban J connectivity index is 1.83. The highest BCUT2D eigenvalue weighted by molar-refractivity contribution is 7.71. The average Bonchev–Trinajstić information content (AvgIpc) is 2.53. The van der Waals surface area contributed by atoms with Crippen LogP contribution in [-0.4, -0.2) is 20.1 Å². The zero-order valence-corrected chi connectivity index (χ0v) is 12.8.